The molecule has 56 heavy (non-hydrogen) atoms. The molecule has 1 aliphatic rings. The number of unbranched alkanes of at least 4 members (excludes halogenated alkanes) is 1. The van der Waals surface area contributed by atoms with E-state index in [1.54, 1.807) is 9.36 Å². The molecular weight excluding hydrogens is 753 g/mol. The maximum Gasteiger partial charge on any atom is 0.245 e. The summed E-state index contributed by atoms with van der Waals surface area (Å²) in [7, 11) is 0. The normalized spacial score (nSPS) is 13.9. The van der Waals surface area contributed by atoms with Gasteiger partial charge in [0.2, 0.25) is 5.91 Å². The van der Waals surface area contributed by atoms with Crippen LogP contribution in [-0.4, -0.2) is 67.6 Å². The first-order chi connectivity index (χ1) is 26.3. The number of hydrogen-bond donors (Lipinski definition) is 4. The molecule has 0 radical (unpaired) electrons. The van der Waals surface area contributed by atoms with E-state index in [1.165, 1.54) is 19.3 Å². The lowest BCUT2D eigenvalue weighted by molar-refractivity contribution is -0.125. The Labute approximate surface area is 343 Å². The summed E-state index contributed by atoms with van der Waals surface area (Å²) in [6.45, 7) is 6.66. The molecule has 2 aromatic carbocycles. The van der Waals surface area contributed by atoms with Crippen LogP contribution < -0.4 is 32.0 Å². The number of nitrogens with two attached hydrogens (primary N) is 3. The van der Waals surface area contributed by atoms with E-state index in [-0.39, 0.29) is 49.3 Å². The number of hydrogen-bond acceptors (Lipinski definition) is 9. The summed E-state index contributed by atoms with van der Waals surface area (Å²) >= 11 is 0. The Morgan fingerprint density at radius 2 is 1.57 bits per heavy atom. The minimum absolute atomic E-state index is 0. The number of ether oxygens (including phenoxy) is 2. The molecule has 1 aliphatic carbocycles. The number of aromatic nitrogens is 6. The fourth-order valence-electron chi connectivity index (χ4n) is 6.85. The van der Waals surface area contributed by atoms with Crippen LogP contribution in [0.4, 0.5) is 0 Å². The zero-order chi connectivity index (χ0) is 38.1. The molecule has 0 bridgehead atoms. The Morgan fingerprint density at radius 3 is 2.25 bits per heavy atom. The van der Waals surface area contributed by atoms with Gasteiger partial charge in [0.15, 0.2) is 5.96 Å². The minimum atomic E-state index is -0.507. The second kappa shape index (κ2) is 24.3. The van der Waals surface area contributed by atoms with Gasteiger partial charge in [0, 0.05) is 35.8 Å². The number of aliphatic imine (C=N–C) groups is 1. The summed E-state index contributed by atoms with van der Waals surface area (Å²) in [5.74, 6) is 2.42. The second-order valence-electron chi connectivity index (χ2n) is 14.7. The number of nitrogens with one attached hydrogen (secondary N) is 1. The highest BCUT2D eigenvalue weighted by Crippen LogP contribution is 2.37. The van der Waals surface area contributed by atoms with Crippen LogP contribution in [-0.2, 0) is 17.9 Å². The lowest BCUT2D eigenvalue weighted by Gasteiger charge is -2.23. The number of carbonyl (C=O) groups is 1. The van der Waals surface area contributed by atoms with Crippen LogP contribution in [0.2, 0.25) is 0 Å². The number of benzene rings is 2. The molecule has 14 nitrogen and oxygen atoms in total. The number of rotatable bonds is 22. The molecule has 308 valence electrons. The lowest BCUT2D eigenvalue weighted by atomic mass is 9.87. The topological polar surface area (TPSA) is 199 Å². The van der Waals surface area contributed by atoms with Gasteiger partial charge in [-0.15, -0.1) is 35.0 Å². The Bertz CT molecular complexity index is 1760. The van der Waals surface area contributed by atoms with E-state index in [0.29, 0.717) is 63.0 Å². The molecular formula is C40H61Cl2N11O3. The summed E-state index contributed by atoms with van der Waals surface area (Å²) < 4.78 is 16.0. The third-order valence-electron chi connectivity index (χ3n) is 9.84. The van der Waals surface area contributed by atoms with Crippen LogP contribution in [0, 0.1) is 5.92 Å². The predicted molar refractivity (Wildman–Crippen MR) is 225 cm³/mol. The molecule has 0 unspecified atom stereocenters. The first kappa shape index (κ1) is 46.0. The smallest absolute Gasteiger partial charge is 0.245 e. The first-order valence-corrected chi connectivity index (χ1v) is 19.6. The van der Waals surface area contributed by atoms with E-state index in [0.717, 1.165) is 60.4 Å². The molecule has 16 heteroatoms. The average Bonchev–Trinajstić information content (AvgIpc) is 3.85. The van der Waals surface area contributed by atoms with Crippen LogP contribution in [0.15, 0.2) is 65.9 Å². The highest BCUT2D eigenvalue weighted by Gasteiger charge is 2.27. The molecule has 2 heterocycles. The van der Waals surface area contributed by atoms with Crippen molar-refractivity contribution in [3.8, 4) is 22.6 Å². The van der Waals surface area contributed by atoms with E-state index in [1.807, 2.05) is 60.9 Å². The van der Waals surface area contributed by atoms with Crippen molar-refractivity contribution in [1.29, 1.82) is 0 Å². The molecule has 0 aliphatic heterocycles. The van der Waals surface area contributed by atoms with Gasteiger partial charge in [-0.05, 0) is 76.0 Å². The average molecular weight is 815 g/mol. The van der Waals surface area contributed by atoms with Crippen molar-refractivity contribution in [1.82, 2.24) is 35.3 Å². The van der Waals surface area contributed by atoms with E-state index in [2.05, 4.69) is 44.8 Å². The molecule has 5 rings (SSSR count). The lowest BCUT2D eigenvalue weighted by Crippen LogP contribution is -2.42. The molecule has 2 atom stereocenters. The fourth-order valence-corrected chi connectivity index (χ4v) is 6.85. The van der Waals surface area contributed by atoms with Gasteiger partial charge in [-0.25, -0.2) is 4.68 Å². The van der Waals surface area contributed by atoms with Crippen molar-refractivity contribution in [3.63, 3.8) is 0 Å². The molecule has 2 aromatic heterocycles. The number of carbonyl (C=O) groups excluding carboxylic acids is 1. The summed E-state index contributed by atoms with van der Waals surface area (Å²) in [6.07, 6.45) is 14.2. The van der Waals surface area contributed by atoms with Crippen LogP contribution in [0.5, 0.6) is 11.5 Å². The van der Waals surface area contributed by atoms with Crippen molar-refractivity contribution in [2.45, 2.75) is 116 Å². The van der Waals surface area contributed by atoms with Crippen LogP contribution >= 0.6 is 24.8 Å². The number of nitrogens with zero attached hydrogens (tertiary/aromatic N) is 7. The van der Waals surface area contributed by atoms with E-state index >= 15 is 0 Å². The Kier molecular flexibility index (Phi) is 19.9. The van der Waals surface area contributed by atoms with Gasteiger partial charge in [-0.1, -0.05) is 79.9 Å². The summed E-state index contributed by atoms with van der Waals surface area (Å²) in [4.78, 5) is 18.2. The van der Waals surface area contributed by atoms with Crippen molar-refractivity contribution in [3.05, 3.63) is 72.3 Å². The van der Waals surface area contributed by atoms with E-state index in [9.17, 15) is 4.79 Å². The predicted octanol–water partition coefficient (Wildman–Crippen LogP) is 6.34. The molecule has 7 N–H and O–H groups in total. The molecule has 0 spiro atoms. The quantitative estimate of drug-likeness (QED) is 0.0394. The minimum Gasteiger partial charge on any atom is -0.493 e. The van der Waals surface area contributed by atoms with Gasteiger partial charge < -0.3 is 32.0 Å². The van der Waals surface area contributed by atoms with Crippen LogP contribution in [0.3, 0.4) is 0 Å². The Morgan fingerprint density at radius 1 is 0.875 bits per heavy atom. The van der Waals surface area contributed by atoms with Crippen molar-refractivity contribution >= 4 is 36.7 Å². The highest BCUT2D eigenvalue weighted by atomic mass is 35.5. The number of para-hydroxylation sites is 2. The van der Waals surface area contributed by atoms with Gasteiger partial charge in [0.1, 0.15) is 29.8 Å². The molecule has 1 amide bonds. The number of amides is 1. The third kappa shape index (κ3) is 14.3. The highest BCUT2D eigenvalue weighted by molar-refractivity contribution is 5.85. The Balaban J connectivity index is 0.00000420. The van der Waals surface area contributed by atoms with Gasteiger partial charge >= 0.3 is 0 Å². The summed E-state index contributed by atoms with van der Waals surface area (Å²) in [5, 5.41) is 21.1. The summed E-state index contributed by atoms with van der Waals surface area (Å²) in [6, 6.07) is 15.2. The SMILES string of the molecule is CC(C)CCOc1ccccc1-c1ccccc1OCc1cn(C[C@@H](CCCN=C(N)N)NC(=O)[C@@H](CCCCN)n2cc(C3CCCCC3)nn2)nn1.Cl.Cl. The van der Waals surface area contributed by atoms with Crippen molar-refractivity contribution < 1.29 is 14.3 Å². The van der Waals surface area contributed by atoms with Gasteiger partial charge in [-0.3, -0.25) is 14.5 Å². The maximum absolute atomic E-state index is 14.0. The second-order valence-corrected chi connectivity index (χ2v) is 14.7. The molecule has 0 saturated heterocycles. The molecule has 4 aromatic rings. The zero-order valence-electron chi connectivity index (χ0n) is 32.8. The monoisotopic (exact) mass is 813 g/mol. The largest absolute Gasteiger partial charge is 0.493 e. The van der Waals surface area contributed by atoms with E-state index < -0.39 is 6.04 Å². The van der Waals surface area contributed by atoms with Gasteiger partial charge in [-0.2, -0.15) is 0 Å². The van der Waals surface area contributed by atoms with Gasteiger partial charge in [0.05, 0.1) is 25.0 Å². The summed E-state index contributed by atoms with van der Waals surface area (Å²) in [5.41, 5.74) is 20.5. The number of guanidine groups is 1. The number of halogens is 2. The third-order valence-corrected chi connectivity index (χ3v) is 9.84. The molecule has 1 fully saturated rings. The van der Waals surface area contributed by atoms with E-state index in [4.69, 9.17) is 26.7 Å². The first-order valence-electron chi connectivity index (χ1n) is 19.6. The Hall–Kier alpha value is -4.40. The van der Waals surface area contributed by atoms with Crippen molar-refractivity contribution in [2.24, 2.45) is 28.1 Å². The van der Waals surface area contributed by atoms with Crippen LogP contribution in [0.1, 0.15) is 108 Å². The standard InChI is InChI=1S/C40H59N11O3.2ClH/c1-29(2)21-24-53-37-19-8-6-16-33(37)34-17-7-9-20-38(34)54-28-32-26-50(48-46-32)25-31(15-12-23-44-40(42)43)45-39(52)36(18-10-11-22-41)51-27-35(47-49-51)30-13-4-3-5-14-30;;/h6-9,16-17,19-20,26-27,29-31,36H,3-5,10-15,18,21-25,28,41H2,1-2H3,(H,45,52)(H4,42,43,44);2*1H/t31-,36-;;/m1../s1. The zero-order valence-corrected chi connectivity index (χ0v) is 34.4. The maximum atomic E-state index is 14.0. The van der Waals surface area contributed by atoms with Gasteiger partial charge in [0.25, 0.3) is 0 Å². The molecule has 1 saturated carbocycles. The van der Waals surface area contributed by atoms with Crippen LogP contribution in [0.25, 0.3) is 11.1 Å². The van der Waals surface area contributed by atoms with Crippen molar-refractivity contribution in [2.75, 3.05) is 19.7 Å². The fraction of sp³-hybridized carbons (Fsp3) is 0.550.